The van der Waals surface area contributed by atoms with Crippen LogP contribution in [0.25, 0.3) is 0 Å². The first-order chi connectivity index (χ1) is 25.5. The normalized spacial score (nSPS) is 16.0. The predicted molar refractivity (Wildman–Crippen MR) is 186 cm³/mol. The van der Waals surface area contributed by atoms with Crippen LogP contribution in [0, 0.1) is 0 Å². The lowest BCUT2D eigenvalue weighted by Gasteiger charge is -2.13. The van der Waals surface area contributed by atoms with E-state index in [0.717, 1.165) is 36.6 Å². The highest BCUT2D eigenvalue weighted by Crippen LogP contribution is 2.06. The van der Waals surface area contributed by atoms with Gasteiger partial charge in [0.1, 0.15) is 6.54 Å². The minimum absolute atomic E-state index is 0.0341. The largest absolute Gasteiger partial charge is 0.379 e. The van der Waals surface area contributed by atoms with Crippen LogP contribution in [0.5, 0.6) is 0 Å². The van der Waals surface area contributed by atoms with Crippen molar-refractivity contribution in [2.45, 2.75) is 18.9 Å². The Bertz CT molecular complexity index is 974. The van der Waals surface area contributed by atoms with E-state index < -0.39 is 17.7 Å². The molecule has 0 saturated carbocycles. The van der Waals surface area contributed by atoms with E-state index in [-0.39, 0.29) is 31.6 Å². The Morgan fingerprint density at radius 2 is 0.942 bits per heavy atom. The van der Waals surface area contributed by atoms with Gasteiger partial charge in [0, 0.05) is 37.7 Å². The van der Waals surface area contributed by atoms with E-state index >= 15 is 0 Å². The Labute approximate surface area is 306 Å². The smallest absolute Gasteiger partial charge is 0.254 e. The highest BCUT2D eigenvalue weighted by Gasteiger charge is 2.25. The van der Waals surface area contributed by atoms with E-state index in [1.807, 2.05) is 0 Å². The van der Waals surface area contributed by atoms with Crippen LogP contribution >= 0.6 is 0 Å². The van der Waals surface area contributed by atoms with Crippen LogP contribution in [-0.2, 0) is 66.5 Å². The number of hydrogen-bond acceptors (Lipinski definition) is 15. The maximum atomic E-state index is 11.9. The fourth-order valence-corrected chi connectivity index (χ4v) is 4.65. The van der Waals surface area contributed by atoms with Crippen LogP contribution in [0.3, 0.4) is 0 Å². The number of likely N-dealkylation sites (N-methyl/N-ethyl adjacent to an activating group) is 1. The molecule has 0 aromatic rings. The zero-order valence-electron chi connectivity index (χ0n) is 30.7. The van der Waals surface area contributed by atoms with E-state index in [4.69, 9.17) is 47.4 Å². The van der Waals surface area contributed by atoms with Crippen molar-refractivity contribution in [1.82, 2.24) is 20.4 Å². The molecule has 0 aliphatic carbocycles. The molecule has 18 nitrogen and oxygen atoms in total. The molecule has 2 rings (SSSR count). The van der Waals surface area contributed by atoms with Gasteiger partial charge in [0.05, 0.1) is 132 Å². The van der Waals surface area contributed by atoms with Crippen LogP contribution in [0.2, 0.25) is 0 Å². The summed E-state index contributed by atoms with van der Waals surface area (Å²) < 4.78 is 54.5. The van der Waals surface area contributed by atoms with Gasteiger partial charge in [-0.2, -0.15) is 0 Å². The van der Waals surface area contributed by atoms with Crippen molar-refractivity contribution in [1.29, 1.82) is 0 Å². The molecule has 1 atom stereocenters. The third-order valence-electron chi connectivity index (χ3n) is 7.35. The summed E-state index contributed by atoms with van der Waals surface area (Å²) in [6.45, 7) is 10.7. The van der Waals surface area contributed by atoms with Crippen molar-refractivity contribution in [2.75, 3.05) is 165 Å². The van der Waals surface area contributed by atoms with Gasteiger partial charge in [-0.25, -0.2) is 0 Å². The fourth-order valence-electron chi connectivity index (χ4n) is 4.65. The second kappa shape index (κ2) is 31.9. The van der Waals surface area contributed by atoms with Crippen molar-refractivity contribution in [2.24, 2.45) is 0 Å². The summed E-state index contributed by atoms with van der Waals surface area (Å²) in [5.41, 5.74) is 0. The zero-order valence-corrected chi connectivity index (χ0v) is 30.7. The third kappa shape index (κ3) is 25.4. The van der Waals surface area contributed by atoms with Gasteiger partial charge in [0.25, 0.3) is 11.8 Å². The van der Waals surface area contributed by atoms with E-state index in [2.05, 4.69) is 22.6 Å². The maximum Gasteiger partial charge on any atom is 0.254 e. The average molecular weight is 749 g/mol. The molecule has 1 saturated heterocycles. The third-order valence-corrected chi connectivity index (χ3v) is 7.35. The number of rotatable bonds is 36. The summed E-state index contributed by atoms with van der Waals surface area (Å²) in [6.07, 6.45) is 3.64. The number of imide groups is 1. The first kappa shape index (κ1) is 45.5. The second-order valence-corrected chi connectivity index (χ2v) is 11.6. The summed E-state index contributed by atoms with van der Waals surface area (Å²) in [5.74, 6) is -1.38. The molecule has 300 valence electrons. The first-order valence-corrected chi connectivity index (χ1v) is 18.0. The van der Waals surface area contributed by atoms with Crippen molar-refractivity contribution < 1.29 is 66.5 Å². The molecule has 0 bridgehead atoms. The van der Waals surface area contributed by atoms with Crippen LogP contribution in [-0.4, -0.2) is 205 Å². The molecule has 2 heterocycles. The molecule has 2 aliphatic rings. The molecule has 52 heavy (non-hydrogen) atoms. The molecule has 2 aliphatic heterocycles. The SMILES string of the molecule is CN1CC[C@H](NC(=O)CCOCCOCCOCCOCCOCCOCCOCCOCCOCCOCCNC(=O)CN2C(=O)C=CC2=O)C1. The number of hydrogen-bond donors (Lipinski definition) is 2. The molecule has 0 aromatic heterocycles. The van der Waals surface area contributed by atoms with E-state index in [1.54, 1.807) is 0 Å². The standard InChI is InChI=1S/C34H60N4O14/c1-37-7-4-30(28-37)36-31(39)5-8-43-10-12-45-14-16-47-18-20-49-22-24-51-26-27-52-25-23-50-21-19-48-17-15-46-13-11-44-9-6-35-32(40)29-38-33(41)2-3-34(38)42/h2-3,30H,4-29H2,1H3,(H,35,40)(H,36,39)/t30-/m0/s1. The number of amides is 4. The topological polar surface area (TPSA) is 191 Å². The minimum Gasteiger partial charge on any atom is -0.379 e. The summed E-state index contributed by atoms with van der Waals surface area (Å²) in [4.78, 5) is 49.6. The van der Waals surface area contributed by atoms with Gasteiger partial charge in [-0.3, -0.25) is 24.1 Å². The lowest BCUT2D eigenvalue weighted by molar-refractivity contribution is -0.141. The van der Waals surface area contributed by atoms with Gasteiger partial charge in [-0.1, -0.05) is 0 Å². The molecule has 0 spiro atoms. The van der Waals surface area contributed by atoms with E-state index in [0.29, 0.717) is 132 Å². The first-order valence-electron chi connectivity index (χ1n) is 18.0. The van der Waals surface area contributed by atoms with Crippen LogP contribution in [0.1, 0.15) is 12.8 Å². The molecule has 2 N–H and O–H groups in total. The Hall–Kier alpha value is -2.62. The van der Waals surface area contributed by atoms with Crippen molar-refractivity contribution in [3.8, 4) is 0 Å². The fraction of sp³-hybridized carbons (Fsp3) is 0.824. The quantitative estimate of drug-likeness (QED) is 0.0550. The van der Waals surface area contributed by atoms with Gasteiger partial charge in [-0.15, -0.1) is 0 Å². The summed E-state index contributed by atoms with van der Waals surface area (Å²) in [7, 11) is 2.06. The Balaban J connectivity index is 1.15. The van der Waals surface area contributed by atoms with Crippen LogP contribution in [0.4, 0.5) is 0 Å². The van der Waals surface area contributed by atoms with Crippen molar-refractivity contribution in [3.63, 3.8) is 0 Å². The lowest BCUT2D eigenvalue weighted by Crippen LogP contribution is -2.41. The summed E-state index contributed by atoms with van der Waals surface area (Å²) in [6, 6.07) is 0.253. The lowest BCUT2D eigenvalue weighted by atomic mass is 10.2. The highest BCUT2D eigenvalue weighted by atomic mass is 16.6. The number of ether oxygens (including phenoxy) is 10. The molecule has 1 fully saturated rings. The van der Waals surface area contributed by atoms with Gasteiger partial charge in [0.2, 0.25) is 11.8 Å². The molecule has 0 unspecified atom stereocenters. The Morgan fingerprint density at radius 3 is 1.31 bits per heavy atom. The molecular formula is C34H60N4O14. The summed E-state index contributed by atoms with van der Waals surface area (Å²) in [5, 5.41) is 5.62. The second-order valence-electron chi connectivity index (χ2n) is 11.6. The number of nitrogens with one attached hydrogen (secondary N) is 2. The molecule has 0 radical (unpaired) electrons. The minimum atomic E-state index is -0.493. The van der Waals surface area contributed by atoms with Crippen LogP contribution in [0.15, 0.2) is 12.2 Å². The number of carbonyl (C=O) groups excluding carboxylic acids is 4. The van der Waals surface area contributed by atoms with E-state index in [9.17, 15) is 19.2 Å². The van der Waals surface area contributed by atoms with Gasteiger partial charge < -0.3 is 62.9 Å². The predicted octanol–water partition coefficient (Wildman–Crippen LogP) is -1.60. The highest BCUT2D eigenvalue weighted by molar-refractivity contribution is 6.14. The van der Waals surface area contributed by atoms with E-state index in [1.165, 1.54) is 0 Å². The number of likely N-dealkylation sites (tertiary alicyclic amines) is 1. The monoisotopic (exact) mass is 748 g/mol. The Kier molecular flexibility index (Phi) is 27.9. The Morgan fingerprint density at radius 1 is 0.577 bits per heavy atom. The van der Waals surface area contributed by atoms with Gasteiger partial charge in [0.15, 0.2) is 0 Å². The number of carbonyl (C=O) groups is 4. The van der Waals surface area contributed by atoms with Gasteiger partial charge in [-0.05, 0) is 20.0 Å². The van der Waals surface area contributed by atoms with Gasteiger partial charge >= 0.3 is 0 Å². The molecule has 18 heteroatoms. The molecule has 0 aromatic carbocycles. The molecular weight excluding hydrogens is 688 g/mol. The van der Waals surface area contributed by atoms with Crippen molar-refractivity contribution in [3.05, 3.63) is 12.2 Å². The van der Waals surface area contributed by atoms with Crippen LogP contribution < -0.4 is 10.6 Å². The maximum absolute atomic E-state index is 11.9. The molecule has 4 amide bonds. The summed E-state index contributed by atoms with van der Waals surface area (Å²) >= 11 is 0. The average Bonchev–Trinajstić information content (AvgIpc) is 3.68. The number of nitrogens with zero attached hydrogens (tertiary/aromatic N) is 2. The zero-order chi connectivity index (χ0) is 37.3. The van der Waals surface area contributed by atoms with Crippen molar-refractivity contribution >= 4 is 23.6 Å².